The molecule has 0 spiro atoms. The molecule has 1 saturated carbocycles. The predicted molar refractivity (Wildman–Crippen MR) is 57.5 cm³/mol. The molecule has 2 aliphatic carbocycles. The van der Waals surface area contributed by atoms with Crippen LogP contribution in [0.1, 0.15) is 17.0 Å². The summed E-state index contributed by atoms with van der Waals surface area (Å²) in [5.74, 6) is 0.120. The Morgan fingerprint density at radius 1 is 1.47 bits per heavy atom. The number of nitro benzene ring substituents is 1. The Labute approximate surface area is 96.1 Å². The zero-order valence-corrected chi connectivity index (χ0v) is 9.13. The first-order chi connectivity index (χ1) is 7.03. The molecule has 0 radical (unpaired) electrons. The van der Waals surface area contributed by atoms with Crippen molar-refractivity contribution in [3.8, 4) is 0 Å². The van der Waals surface area contributed by atoms with E-state index in [9.17, 15) is 10.1 Å². The van der Waals surface area contributed by atoms with E-state index in [1.54, 1.807) is 6.07 Å². The van der Waals surface area contributed by atoms with Crippen molar-refractivity contribution in [2.24, 2.45) is 5.92 Å². The Kier molecular flexibility index (Phi) is 1.67. The summed E-state index contributed by atoms with van der Waals surface area (Å²) in [4.78, 5) is 10.5. The smallest absolute Gasteiger partial charge is 0.258 e. The van der Waals surface area contributed by atoms with Gasteiger partial charge in [0.25, 0.3) is 5.69 Å². The second-order valence-corrected chi connectivity index (χ2v) is 5.51. The van der Waals surface area contributed by atoms with Gasteiger partial charge in [0, 0.05) is 23.5 Å². The average molecular weight is 244 g/mol. The van der Waals surface area contributed by atoms with Crippen LogP contribution in [0.15, 0.2) is 18.2 Å². The quantitative estimate of drug-likeness (QED) is 0.433. The third-order valence-electron chi connectivity index (χ3n) is 3.32. The minimum absolute atomic E-state index is 0.0440. The summed E-state index contributed by atoms with van der Waals surface area (Å²) in [7, 11) is 0. The van der Waals surface area contributed by atoms with Gasteiger partial charge in [-0.25, -0.2) is 0 Å². The van der Waals surface area contributed by atoms with E-state index >= 15 is 0 Å². The summed E-state index contributed by atoms with van der Waals surface area (Å²) in [6.45, 7) is 0. The molecule has 3 nitrogen and oxygen atoms in total. The molecule has 0 amide bonds. The van der Waals surface area contributed by atoms with Crippen LogP contribution in [0.5, 0.6) is 0 Å². The van der Waals surface area contributed by atoms with E-state index < -0.39 is 4.33 Å². The Morgan fingerprint density at radius 3 is 2.87 bits per heavy atom. The molecule has 0 aliphatic heterocycles. The van der Waals surface area contributed by atoms with Gasteiger partial charge in [0.05, 0.1) is 4.92 Å². The second kappa shape index (κ2) is 2.66. The highest BCUT2D eigenvalue weighted by molar-refractivity contribution is 6.52. The maximum atomic E-state index is 10.9. The van der Waals surface area contributed by atoms with Gasteiger partial charge in [-0.2, -0.15) is 0 Å². The van der Waals surface area contributed by atoms with Gasteiger partial charge in [-0.3, -0.25) is 10.1 Å². The van der Waals surface area contributed by atoms with Crippen LogP contribution >= 0.6 is 23.2 Å². The van der Waals surface area contributed by atoms with Gasteiger partial charge in [-0.1, -0.05) is 12.1 Å². The van der Waals surface area contributed by atoms with Gasteiger partial charge in [-0.15, -0.1) is 23.2 Å². The van der Waals surface area contributed by atoms with Crippen LogP contribution in [0.2, 0.25) is 0 Å². The fourth-order valence-corrected chi connectivity index (χ4v) is 3.37. The molecule has 2 unspecified atom stereocenters. The van der Waals surface area contributed by atoms with Gasteiger partial charge in [0.15, 0.2) is 0 Å². The van der Waals surface area contributed by atoms with E-state index in [4.69, 9.17) is 23.2 Å². The van der Waals surface area contributed by atoms with Crippen molar-refractivity contribution in [2.45, 2.75) is 16.7 Å². The number of rotatable bonds is 1. The van der Waals surface area contributed by atoms with Crippen molar-refractivity contribution in [2.75, 3.05) is 0 Å². The van der Waals surface area contributed by atoms with E-state index in [0.717, 1.165) is 17.5 Å². The molecule has 2 atom stereocenters. The van der Waals surface area contributed by atoms with Gasteiger partial charge >= 0.3 is 0 Å². The van der Waals surface area contributed by atoms with Crippen molar-refractivity contribution in [1.29, 1.82) is 0 Å². The van der Waals surface area contributed by atoms with Crippen LogP contribution in [-0.2, 0) is 6.42 Å². The van der Waals surface area contributed by atoms with Crippen LogP contribution in [0.4, 0.5) is 5.69 Å². The van der Waals surface area contributed by atoms with Crippen molar-refractivity contribution in [3.63, 3.8) is 0 Å². The summed E-state index contributed by atoms with van der Waals surface area (Å²) >= 11 is 12.1. The molecule has 3 rings (SSSR count). The molecular weight excluding hydrogens is 237 g/mol. The highest BCUT2D eigenvalue weighted by Crippen LogP contribution is 2.71. The molecule has 1 aromatic rings. The number of halogens is 2. The lowest BCUT2D eigenvalue weighted by molar-refractivity contribution is -0.385. The summed E-state index contributed by atoms with van der Waals surface area (Å²) in [5.41, 5.74) is 1.93. The second-order valence-electron chi connectivity index (χ2n) is 4.07. The lowest BCUT2D eigenvalue weighted by Gasteiger charge is -2.08. The van der Waals surface area contributed by atoms with E-state index in [1.165, 1.54) is 6.07 Å². The monoisotopic (exact) mass is 243 g/mol. The van der Waals surface area contributed by atoms with Crippen LogP contribution in [0, 0.1) is 16.0 Å². The van der Waals surface area contributed by atoms with Crippen LogP contribution in [-0.4, -0.2) is 9.26 Å². The van der Waals surface area contributed by atoms with Gasteiger partial charge in [-0.05, 0) is 12.0 Å². The Balaban J connectivity index is 2.17. The summed E-state index contributed by atoms with van der Waals surface area (Å²) in [5, 5.41) is 10.9. The molecule has 5 heteroatoms. The largest absolute Gasteiger partial charge is 0.273 e. The number of alkyl halides is 2. The molecule has 1 fully saturated rings. The number of benzene rings is 1. The van der Waals surface area contributed by atoms with Gasteiger partial charge in [0.2, 0.25) is 0 Å². The molecule has 0 saturated heterocycles. The SMILES string of the molecule is O=[N+]([O-])c1cccc2c1C1C(C2)C1(Cl)Cl. The zero-order valence-electron chi connectivity index (χ0n) is 7.61. The lowest BCUT2D eigenvalue weighted by atomic mass is 10.0. The van der Waals surface area contributed by atoms with Crippen molar-refractivity contribution >= 4 is 28.9 Å². The Morgan fingerprint density at radius 2 is 2.20 bits per heavy atom. The highest BCUT2D eigenvalue weighted by Gasteiger charge is 2.68. The van der Waals surface area contributed by atoms with E-state index in [2.05, 4.69) is 0 Å². The first-order valence-electron chi connectivity index (χ1n) is 4.67. The molecule has 0 bridgehead atoms. The molecule has 2 aliphatic rings. The third kappa shape index (κ3) is 1.08. The number of fused-ring (bicyclic) bond motifs is 3. The van der Waals surface area contributed by atoms with Crippen molar-refractivity contribution in [3.05, 3.63) is 39.4 Å². The number of hydrogen-bond donors (Lipinski definition) is 0. The van der Waals surface area contributed by atoms with Crippen LogP contribution in [0.3, 0.4) is 0 Å². The molecule has 15 heavy (non-hydrogen) atoms. The fraction of sp³-hybridized carbons (Fsp3) is 0.400. The topological polar surface area (TPSA) is 43.1 Å². The number of nitrogens with zero attached hydrogens (tertiary/aromatic N) is 1. The molecule has 0 N–H and O–H groups in total. The van der Waals surface area contributed by atoms with Crippen molar-refractivity contribution in [1.82, 2.24) is 0 Å². The van der Waals surface area contributed by atoms with E-state index in [-0.39, 0.29) is 22.4 Å². The first-order valence-corrected chi connectivity index (χ1v) is 5.43. The maximum Gasteiger partial charge on any atom is 0.273 e. The van der Waals surface area contributed by atoms with Gasteiger partial charge in [0.1, 0.15) is 4.33 Å². The zero-order chi connectivity index (χ0) is 10.8. The molecular formula is C10H7Cl2NO2. The van der Waals surface area contributed by atoms with Crippen LogP contribution in [0.25, 0.3) is 0 Å². The van der Waals surface area contributed by atoms with Gasteiger partial charge < -0.3 is 0 Å². The Hall–Kier alpha value is -0.800. The lowest BCUT2D eigenvalue weighted by Crippen LogP contribution is -2.03. The third-order valence-corrected chi connectivity index (χ3v) is 4.35. The predicted octanol–water partition coefficient (Wildman–Crippen LogP) is 3.04. The van der Waals surface area contributed by atoms with Crippen molar-refractivity contribution < 1.29 is 4.92 Å². The fourth-order valence-electron chi connectivity index (χ4n) is 2.57. The van der Waals surface area contributed by atoms with E-state index in [0.29, 0.717) is 0 Å². The highest BCUT2D eigenvalue weighted by atomic mass is 35.5. The Bertz CT molecular complexity index is 472. The average Bonchev–Trinajstić information content (AvgIpc) is 2.60. The standard InChI is InChI=1S/C10H7Cl2NO2/c11-10(12)6-4-5-2-1-3-7(13(14)15)8(5)9(6)10/h1-3,6,9H,4H2. The first kappa shape index (κ1) is 9.43. The molecule has 0 heterocycles. The maximum absolute atomic E-state index is 10.9. The minimum atomic E-state index is -0.779. The van der Waals surface area contributed by atoms with E-state index in [1.807, 2.05) is 6.07 Å². The summed E-state index contributed by atoms with van der Waals surface area (Å²) in [6, 6.07) is 5.15. The molecule has 1 aromatic carbocycles. The minimum Gasteiger partial charge on any atom is -0.258 e. The summed E-state index contributed by atoms with van der Waals surface area (Å²) < 4.78 is -0.779. The molecule has 0 aromatic heterocycles. The number of nitro groups is 1. The number of hydrogen-bond acceptors (Lipinski definition) is 2. The summed E-state index contributed by atoms with van der Waals surface area (Å²) in [6.07, 6.45) is 0.759. The molecule has 78 valence electrons. The normalized spacial score (nSPS) is 29.5. The van der Waals surface area contributed by atoms with Crippen LogP contribution < -0.4 is 0 Å².